The molecular weight excluding hydrogens is 611 g/mol. The third kappa shape index (κ3) is 5.57. The molecule has 0 atom stereocenters. The zero-order valence-corrected chi connectivity index (χ0v) is 27.0. The molecule has 0 saturated heterocycles. The summed E-state index contributed by atoms with van der Waals surface area (Å²) in [5, 5.41) is 3.19. The van der Waals surface area contributed by atoms with Crippen LogP contribution >= 0.6 is 0 Å². The number of rotatable bonds is 6. The van der Waals surface area contributed by atoms with Crippen LogP contribution in [0.15, 0.2) is 176 Å². The van der Waals surface area contributed by atoms with Gasteiger partial charge in [0.2, 0.25) is 0 Å². The highest BCUT2D eigenvalue weighted by Crippen LogP contribution is 2.38. The zero-order valence-electron chi connectivity index (χ0n) is 27.0. The Labute approximate surface area is 289 Å². The number of fused-ring (bicyclic) bond motifs is 3. The molecule has 5 heteroatoms. The van der Waals surface area contributed by atoms with Crippen molar-refractivity contribution in [2.24, 2.45) is 0 Å². The van der Waals surface area contributed by atoms with Crippen molar-refractivity contribution in [1.29, 1.82) is 0 Å². The topological polar surface area (TPSA) is 64.5 Å². The Morgan fingerprint density at radius 2 is 0.800 bits per heavy atom. The fourth-order valence-electron chi connectivity index (χ4n) is 6.52. The first-order valence-electron chi connectivity index (χ1n) is 16.6. The van der Waals surface area contributed by atoms with E-state index in [1.807, 2.05) is 85.2 Å². The number of benzene rings is 6. The van der Waals surface area contributed by atoms with E-state index in [2.05, 4.69) is 96.0 Å². The lowest BCUT2D eigenvalue weighted by Crippen LogP contribution is -2.01. The quantitative estimate of drug-likeness (QED) is 0.169. The lowest BCUT2D eigenvalue weighted by molar-refractivity contribution is 1.07. The maximum Gasteiger partial charge on any atom is 0.164 e. The van der Waals surface area contributed by atoms with Gasteiger partial charge < -0.3 is 0 Å². The highest BCUT2D eigenvalue weighted by Gasteiger charge is 2.17. The minimum absolute atomic E-state index is 0.586. The summed E-state index contributed by atoms with van der Waals surface area (Å²) in [5.41, 5.74) is 9.88. The summed E-state index contributed by atoms with van der Waals surface area (Å²) in [5.74, 6) is 1.82. The number of aromatic nitrogens is 5. The molecule has 0 N–H and O–H groups in total. The second kappa shape index (κ2) is 12.6. The maximum atomic E-state index is 5.25. The molecule has 0 radical (unpaired) electrons. The van der Waals surface area contributed by atoms with Crippen molar-refractivity contribution in [1.82, 2.24) is 24.9 Å². The predicted molar refractivity (Wildman–Crippen MR) is 203 cm³/mol. The van der Waals surface area contributed by atoms with Crippen molar-refractivity contribution in [2.75, 3.05) is 0 Å². The number of hydrogen-bond acceptors (Lipinski definition) is 5. The van der Waals surface area contributed by atoms with E-state index < -0.39 is 0 Å². The van der Waals surface area contributed by atoms with E-state index in [0.29, 0.717) is 17.5 Å². The molecule has 0 saturated carbocycles. The average molecular weight is 640 g/mol. The number of para-hydroxylation sites is 1. The van der Waals surface area contributed by atoms with Crippen LogP contribution in [0.4, 0.5) is 0 Å². The van der Waals surface area contributed by atoms with Crippen molar-refractivity contribution < 1.29 is 0 Å². The molecule has 50 heavy (non-hydrogen) atoms. The third-order valence-corrected chi connectivity index (χ3v) is 8.97. The first-order chi connectivity index (χ1) is 24.8. The maximum absolute atomic E-state index is 5.25. The van der Waals surface area contributed by atoms with Gasteiger partial charge in [0.25, 0.3) is 0 Å². The van der Waals surface area contributed by atoms with Gasteiger partial charge in [-0.3, -0.25) is 4.98 Å². The van der Waals surface area contributed by atoms with Gasteiger partial charge in [-0.1, -0.05) is 127 Å². The molecule has 0 aliphatic rings. The van der Waals surface area contributed by atoms with Crippen LogP contribution in [0.1, 0.15) is 0 Å². The van der Waals surface area contributed by atoms with Crippen LogP contribution in [0.25, 0.3) is 89.4 Å². The molecule has 3 heterocycles. The third-order valence-electron chi connectivity index (χ3n) is 8.97. The monoisotopic (exact) mass is 639 g/mol. The largest absolute Gasteiger partial charge is 0.264 e. The molecule has 234 valence electrons. The Kier molecular flexibility index (Phi) is 7.41. The first kappa shape index (κ1) is 29.3. The normalized spacial score (nSPS) is 11.2. The molecule has 9 rings (SSSR count). The summed E-state index contributed by atoms with van der Waals surface area (Å²) in [6.07, 6.45) is 3.76. The average Bonchev–Trinajstić information content (AvgIpc) is 3.21. The lowest BCUT2D eigenvalue weighted by atomic mass is 9.93. The number of hydrogen-bond donors (Lipinski definition) is 0. The van der Waals surface area contributed by atoms with Crippen molar-refractivity contribution in [3.8, 4) is 67.7 Å². The van der Waals surface area contributed by atoms with Crippen molar-refractivity contribution in [2.45, 2.75) is 0 Å². The summed E-state index contributed by atoms with van der Waals surface area (Å²) >= 11 is 0. The van der Waals surface area contributed by atoms with Crippen molar-refractivity contribution >= 4 is 21.7 Å². The van der Waals surface area contributed by atoms with Gasteiger partial charge in [-0.05, 0) is 64.0 Å². The van der Waals surface area contributed by atoms with Crippen molar-refractivity contribution in [3.63, 3.8) is 0 Å². The smallest absolute Gasteiger partial charge is 0.164 e. The van der Waals surface area contributed by atoms with Crippen LogP contribution in [-0.4, -0.2) is 24.9 Å². The Morgan fingerprint density at radius 1 is 0.300 bits per heavy atom. The summed E-state index contributed by atoms with van der Waals surface area (Å²) in [4.78, 5) is 24.9. The van der Waals surface area contributed by atoms with Crippen LogP contribution < -0.4 is 0 Å². The van der Waals surface area contributed by atoms with Gasteiger partial charge in [0.15, 0.2) is 17.5 Å². The van der Waals surface area contributed by atoms with E-state index in [1.54, 1.807) is 0 Å². The van der Waals surface area contributed by atoms with E-state index in [0.717, 1.165) is 71.9 Å². The Morgan fingerprint density at radius 3 is 1.48 bits per heavy atom. The highest BCUT2D eigenvalue weighted by atomic mass is 15.0. The SMILES string of the molecule is c1ccc(-c2cccc(-c3cc(-c4nc(-c5ccccc5)nc(-c5ccccc5)n4)cc(-c4nc5ccccc5c5ccncc45)c3)c2)cc1. The highest BCUT2D eigenvalue weighted by molar-refractivity contribution is 6.10. The minimum Gasteiger partial charge on any atom is -0.264 e. The van der Waals surface area contributed by atoms with Gasteiger partial charge in [0.05, 0.1) is 11.2 Å². The van der Waals surface area contributed by atoms with Gasteiger partial charge in [-0.15, -0.1) is 0 Å². The van der Waals surface area contributed by atoms with Crippen LogP contribution in [0.3, 0.4) is 0 Å². The van der Waals surface area contributed by atoms with Gasteiger partial charge in [-0.25, -0.2) is 19.9 Å². The molecule has 0 aliphatic heterocycles. The molecule has 0 amide bonds. The molecule has 0 bridgehead atoms. The number of nitrogens with zero attached hydrogens (tertiary/aromatic N) is 5. The fraction of sp³-hybridized carbons (Fsp3) is 0. The van der Waals surface area contributed by atoms with Crippen LogP contribution in [0, 0.1) is 0 Å². The van der Waals surface area contributed by atoms with Gasteiger partial charge in [0, 0.05) is 45.4 Å². The molecular formula is C45H29N5. The van der Waals surface area contributed by atoms with Crippen LogP contribution in [0.2, 0.25) is 0 Å². The molecule has 0 fully saturated rings. The molecule has 0 aliphatic carbocycles. The molecule has 0 spiro atoms. The summed E-state index contributed by atoms with van der Waals surface area (Å²) in [6, 6.07) is 56.1. The van der Waals surface area contributed by atoms with E-state index >= 15 is 0 Å². The Balaban J connectivity index is 1.31. The van der Waals surface area contributed by atoms with E-state index in [9.17, 15) is 0 Å². The van der Waals surface area contributed by atoms with Crippen LogP contribution in [0.5, 0.6) is 0 Å². The second-order valence-corrected chi connectivity index (χ2v) is 12.2. The lowest BCUT2D eigenvalue weighted by Gasteiger charge is -2.14. The van der Waals surface area contributed by atoms with E-state index in [4.69, 9.17) is 19.9 Å². The molecule has 0 unspecified atom stereocenters. The fourth-order valence-corrected chi connectivity index (χ4v) is 6.52. The van der Waals surface area contributed by atoms with Gasteiger partial charge in [-0.2, -0.15) is 0 Å². The molecule has 5 nitrogen and oxygen atoms in total. The Hall–Kier alpha value is -6.85. The Bertz CT molecular complexity index is 2580. The predicted octanol–water partition coefficient (Wildman–Crippen LogP) is 11.0. The summed E-state index contributed by atoms with van der Waals surface area (Å²) < 4.78 is 0. The standard InChI is InChI=1S/C45H29N5/c1-4-13-30(14-5-1)33-19-12-20-34(25-33)35-26-36(42-40-29-46-24-23-38(40)39-21-10-11-22-41(39)47-42)28-37(27-35)45-49-43(31-15-6-2-7-16-31)48-44(50-45)32-17-8-3-9-18-32/h1-29H. The zero-order chi connectivity index (χ0) is 33.3. The molecule has 9 aromatic rings. The van der Waals surface area contributed by atoms with Gasteiger partial charge in [0.1, 0.15) is 0 Å². The first-order valence-corrected chi connectivity index (χ1v) is 16.6. The molecule has 6 aromatic carbocycles. The molecule has 3 aromatic heterocycles. The minimum atomic E-state index is 0.586. The van der Waals surface area contributed by atoms with E-state index in [-0.39, 0.29) is 0 Å². The second-order valence-electron chi connectivity index (χ2n) is 12.2. The van der Waals surface area contributed by atoms with E-state index in [1.165, 1.54) is 0 Å². The van der Waals surface area contributed by atoms with Crippen LogP contribution in [-0.2, 0) is 0 Å². The van der Waals surface area contributed by atoms with Gasteiger partial charge >= 0.3 is 0 Å². The summed E-state index contributed by atoms with van der Waals surface area (Å²) in [6.45, 7) is 0. The summed E-state index contributed by atoms with van der Waals surface area (Å²) in [7, 11) is 0. The number of pyridine rings is 2. The van der Waals surface area contributed by atoms with Crippen molar-refractivity contribution in [3.05, 3.63) is 176 Å².